The van der Waals surface area contributed by atoms with Crippen molar-refractivity contribution in [2.24, 2.45) is 0 Å². The van der Waals surface area contributed by atoms with Gasteiger partial charge in [-0.1, -0.05) is 5.21 Å². The van der Waals surface area contributed by atoms with Crippen molar-refractivity contribution in [3.63, 3.8) is 0 Å². The first-order valence-corrected chi connectivity index (χ1v) is 4.85. The Balaban J connectivity index is 0.000000112. The van der Waals surface area contributed by atoms with Gasteiger partial charge < -0.3 is 0 Å². The van der Waals surface area contributed by atoms with Crippen LogP contribution in [-0.2, 0) is 0 Å². The summed E-state index contributed by atoms with van der Waals surface area (Å²) >= 11 is 1.60. The Morgan fingerprint density at radius 1 is 1.07 bits per heavy atom. The number of hydrogen-bond donors (Lipinski definition) is 2. The molecule has 0 atom stereocenters. The van der Waals surface area contributed by atoms with Gasteiger partial charge in [-0.15, -0.1) is 16.4 Å². The molecule has 0 radical (unpaired) electrons. The summed E-state index contributed by atoms with van der Waals surface area (Å²) in [7, 11) is 0. The van der Waals surface area contributed by atoms with Crippen molar-refractivity contribution in [3.8, 4) is 0 Å². The molecule has 0 fully saturated rings. The number of rotatable bonds is 0. The highest BCUT2D eigenvalue weighted by atomic mass is 32.1. The van der Waals surface area contributed by atoms with Crippen LogP contribution in [-0.4, -0.2) is 35.6 Å². The molecular weight excluding hydrogens is 214 g/mol. The van der Waals surface area contributed by atoms with Crippen molar-refractivity contribution in [1.82, 2.24) is 35.6 Å². The lowest BCUT2D eigenvalue weighted by molar-refractivity contribution is 0.940. The number of aromatic amines is 2. The Morgan fingerprint density at radius 2 is 2.07 bits per heavy atom. The standard InChI is InChI=1S/C3H3NS.2C2H3N3/c1-2-5-3-4-1;1-3-2-5-4-1;1-2-4-5-3-1/h1-3H;2*1-2H,(H,3,4,5). The van der Waals surface area contributed by atoms with Gasteiger partial charge in [-0.3, -0.25) is 15.2 Å². The smallest absolute Gasteiger partial charge is 0.137 e. The molecule has 15 heavy (non-hydrogen) atoms. The molecule has 0 saturated heterocycles. The Bertz CT molecular complexity index is 251. The molecule has 0 aliphatic carbocycles. The second-order valence-electron chi connectivity index (χ2n) is 1.99. The third-order valence-electron chi connectivity index (χ3n) is 1.01. The van der Waals surface area contributed by atoms with Crippen LogP contribution in [0.2, 0.25) is 0 Å². The molecule has 0 saturated carbocycles. The lowest BCUT2D eigenvalue weighted by Crippen LogP contribution is -1.61. The van der Waals surface area contributed by atoms with Gasteiger partial charge >= 0.3 is 0 Å². The first-order chi connectivity index (χ1) is 7.50. The largest absolute Gasteiger partial charge is 0.266 e. The van der Waals surface area contributed by atoms with Gasteiger partial charge in [0.05, 0.1) is 11.7 Å². The van der Waals surface area contributed by atoms with E-state index in [0.29, 0.717) is 0 Å². The van der Waals surface area contributed by atoms with E-state index in [2.05, 4.69) is 35.6 Å². The average Bonchev–Trinajstić information content (AvgIpc) is 3.09. The zero-order valence-electron chi connectivity index (χ0n) is 7.69. The number of nitrogens with zero attached hydrogens (tertiary/aromatic N) is 5. The molecule has 0 bridgehead atoms. The number of hydrogen-bond acceptors (Lipinski definition) is 6. The molecule has 7 nitrogen and oxygen atoms in total. The topological polar surface area (TPSA) is 96.0 Å². The van der Waals surface area contributed by atoms with Gasteiger partial charge in [-0.25, -0.2) is 4.98 Å². The summed E-state index contributed by atoms with van der Waals surface area (Å²) in [5, 5.41) is 17.2. The van der Waals surface area contributed by atoms with Crippen molar-refractivity contribution in [2.75, 3.05) is 0 Å². The van der Waals surface area contributed by atoms with Crippen molar-refractivity contribution < 1.29 is 0 Å². The Morgan fingerprint density at radius 3 is 2.27 bits per heavy atom. The molecular formula is C7H9N7S. The Hall–Kier alpha value is -2.09. The van der Waals surface area contributed by atoms with Crippen LogP contribution in [0.15, 0.2) is 42.1 Å². The van der Waals surface area contributed by atoms with Gasteiger partial charge in [-0.2, -0.15) is 5.10 Å². The first-order valence-electron chi connectivity index (χ1n) is 3.91. The highest BCUT2D eigenvalue weighted by molar-refractivity contribution is 7.07. The summed E-state index contributed by atoms with van der Waals surface area (Å²) in [6.07, 6.45) is 7.96. The fourth-order valence-electron chi connectivity index (χ4n) is 0.509. The number of thiazole rings is 1. The second kappa shape index (κ2) is 8.51. The summed E-state index contributed by atoms with van der Waals surface area (Å²) < 4.78 is 0. The van der Waals surface area contributed by atoms with E-state index in [9.17, 15) is 0 Å². The monoisotopic (exact) mass is 223 g/mol. The van der Waals surface area contributed by atoms with Gasteiger partial charge in [0.2, 0.25) is 0 Å². The van der Waals surface area contributed by atoms with Crippen LogP contribution in [0, 0.1) is 0 Å². The van der Waals surface area contributed by atoms with Crippen LogP contribution in [0.5, 0.6) is 0 Å². The van der Waals surface area contributed by atoms with Gasteiger partial charge in [-0.05, 0) is 0 Å². The predicted octanol–water partition coefficient (Wildman–Crippen LogP) is 0.752. The van der Waals surface area contributed by atoms with Crippen LogP contribution in [0.4, 0.5) is 0 Å². The van der Waals surface area contributed by atoms with E-state index in [1.807, 2.05) is 5.38 Å². The normalized spacial score (nSPS) is 8.00. The Labute approximate surface area is 89.6 Å². The summed E-state index contributed by atoms with van der Waals surface area (Å²) in [6.45, 7) is 0. The SMILES string of the molecule is c1c[nH]nn1.c1cscn1.c1nc[nH]n1. The highest BCUT2D eigenvalue weighted by Crippen LogP contribution is 1.85. The molecule has 0 aliphatic rings. The average molecular weight is 223 g/mol. The van der Waals surface area contributed by atoms with E-state index < -0.39 is 0 Å². The molecule has 2 N–H and O–H groups in total. The lowest BCUT2D eigenvalue weighted by atomic mass is 11.0. The van der Waals surface area contributed by atoms with E-state index in [-0.39, 0.29) is 0 Å². The molecule has 3 aromatic rings. The lowest BCUT2D eigenvalue weighted by Gasteiger charge is -1.46. The fourth-order valence-corrected chi connectivity index (χ4v) is 0.860. The maximum atomic E-state index is 3.74. The minimum absolute atomic E-state index is 1.44. The van der Waals surface area contributed by atoms with Crippen molar-refractivity contribution in [3.05, 3.63) is 42.1 Å². The third-order valence-corrected chi connectivity index (χ3v) is 1.53. The van der Waals surface area contributed by atoms with Gasteiger partial charge in [0.15, 0.2) is 0 Å². The second-order valence-corrected chi connectivity index (χ2v) is 2.74. The van der Waals surface area contributed by atoms with Crippen LogP contribution in [0.3, 0.4) is 0 Å². The minimum atomic E-state index is 1.44. The number of aromatic nitrogens is 7. The number of H-pyrrole nitrogens is 2. The molecule has 3 rings (SSSR count). The molecule has 0 aliphatic heterocycles. The van der Waals surface area contributed by atoms with Crippen LogP contribution < -0.4 is 0 Å². The molecule has 0 aromatic carbocycles. The first kappa shape index (κ1) is 11.0. The maximum absolute atomic E-state index is 3.74. The van der Waals surface area contributed by atoms with Crippen molar-refractivity contribution >= 4 is 11.3 Å². The minimum Gasteiger partial charge on any atom is -0.266 e. The third kappa shape index (κ3) is 7.02. The summed E-state index contributed by atoms with van der Waals surface area (Å²) in [4.78, 5) is 7.30. The molecule has 3 heterocycles. The van der Waals surface area contributed by atoms with E-state index >= 15 is 0 Å². The van der Waals surface area contributed by atoms with Crippen LogP contribution in [0.25, 0.3) is 0 Å². The Kier molecular flexibility index (Phi) is 6.23. The van der Waals surface area contributed by atoms with E-state index in [1.54, 1.807) is 35.4 Å². The van der Waals surface area contributed by atoms with Gasteiger partial charge in [0.1, 0.15) is 12.7 Å². The molecule has 3 aromatic heterocycles. The van der Waals surface area contributed by atoms with Crippen molar-refractivity contribution in [2.45, 2.75) is 0 Å². The van der Waals surface area contributed by atoms with Gasteiger partial charge in [0, 0.05) is 17.8 Å². The van der Waals surface area contributed by atoms with Crippen LogP contribution >= 0.6 is 11.3 Å². The molecule has 8 heteroatoms. The molecule has 78 valence electrons. The zero-order chi connectivity index (χ0) is 10.6. The molecule has 0 unspecified atom stereocenters. The zero-order valence-corrected chi connectivity index (χ0v) is 8.50. The summed E-state index contributed by atoms with van der Waals surface area (Å²) in [6, 6.07) is 0. The highest BCUT2D eigenvalue weighted by Gasteiger charge is 1.59. The summed E-state index contributed by atoms with van der Waals surface area (Å²) in [5.41, 5.74) is 1.79. The van der Waals surface area contributed by atoms with E-state index in [4.69, 9.17) is 0 Å². The van der Waals surface area contributed by atoms with E-state index in [1.165, 1.54) is 12.7 Å². The van der Waals surface area contributed by atoms with Gasteiger partial charge in [0.25, 0.3) is 0 Å². The van der Waals surface area contributed by atoms with Crippen LogP contribution in [0.1, 0.15) is 0 Å². The molecule has 0 spiro atoms. The fraction of sp³-hybridized carbons (Fsp3) is 0. The quantitative estimate of drug-likeness (QED) is 0.586. The summed E-state index contributed by atoms with van der Waals surface area (Å²) in [5.74, 6) is 0. The van der Waals surface area contributed by atoms with E-state index in [0.717, 1.165) is 0 Å². The molecule has 0 amide bonds. The predicted molar refractivity (Wildman–Crippen MR) is 54.9 cm³/mol. The van der Waals surface area contributed by atoms with Crippen molar-refractivity contribution in [1.29, 1.82) is 0 Å². The number of nitrogens with one attached hydrogen (secondary N) is 2. The maximum Gasteiger partial charge on any atom is 0.137 e.